The van der Waals surface area contributed by atoms with E-state index in [-0.39, 0.29) is 12.4 Å². The van der Waals surface area contributed by atoms with E-state index in [9.17, 15) is 4.79 Å². The Morgan fingerprint density at radius 1 is 1.53 bits per heavy atom. The van der Waals surface area contributed by atoms with E-state index < -0.39 is 0 Å². The number of esters is 1. The summed E-state index contributed by atoms with van der Waals surface area (Å²) >= 11 is 9.41. The van der Waals surface area contributed by atoms with Crippen molar-refractivity contribution in [2.24, 2.45) is 0 Å². The molecule has 4 heteroatoms. The molecule has 1 aromatic rings. The van der Waals surface area contributed by atoms with Crippen LogP contribution in [-0.2, 0) is 16.0 Å². The molecule has 0 saturated heterocycles. The van der Waals surface area contributed by atoms with Gasteiger partial charge in [0.05, 0.1) is 18.1 Å². The lowest BCUT2D eigenvalue weighted by molar-refractivity contribution is -0.142. The Hall–Kier alpha value is -0.540. The largest absolute Gasteiger partial charge is 0.466 e. The lowest BCUT2D eigenvalue weighted by atomic mass is 10.1. The van der Waals surface area contributed by atoms with E-state index in [4.69, 9.17) is 16.3 Å². The maximum atomic E-state index is 11.3. The number of carbonyl (C=O) groups excluding carboxylic acids is 1. The fraction of sp³-hybridized carbons (Fsp3) is 0.364. The Kier molecular flexibility index (Phi) is 4.61. The van der Waals surface area contributed by atoms with Crippen LogP contribution in [0.4, 0.5) is 0 Å². The molecule has 0 amide bonds. The van der Waals surface area contributed by atoms with Crippen molar-refractivity contribution in [2.75, 3.05) is 6.61 Å². The van der Waals surface area contributed by atoms with Crippen molar-refractivity contribution in [2.45, 2.75) is 20.3 Å². The second-order valence-corrected chi connectivity index (χ2v) is 4.37. The molecule has 0 aliphatic carbocycles. The van der Waals surface area contributed by atoms with Crippen molar-refractivity contribution in [3.63, 3.8) is 0 Å². The third kappa shape index (κ3) is 3.21. The van der Waals surface area contributed by atoms with Crippen molar-refractivity contribution in [3.8, 4) is 0 Å². The fourth-order valence-electron chi connectivity index (χ4n) is 1.26. The van der Waals surface area contributed by atoms with Gasteiger partial charge in [0.15, 0.2) is 0 Å². The number of rotatable bonds is 3. The van der Waals surface area contributed by atoms with E-state index in [1.807, 2.05) is 19.1 Å². The van der Waals surface area contributed by atoms with Gasteiger partial charge in [0.25, 0.3) is 0 Å². The topological polar surface area (TPSA) is 26.3 Å². The van der Waals surface area contributed by atoms with Crippen molar-refractivity contribution in [1.29, 1.82) is 0 Å². The standard InChI is InChI=1S/C11H12BrClO2/c1-3-15-10(14)6-8-7(2)4-5-9(12)11(8)13/h4-5H,3,6H2,1-2H3. The van der Waals surface area contributed by atoms with Crippen LogP contribution in [0.25, 0.3) is 0 Å². The van der Waals surface area contributed by atoms with Gasteiger partial charge in [-0.3, -0.25) is 4.79 Å². The van der Waals surface area contributed by atoms with E-state index in [1.165, 1.54) is 0 Å². The molecule has 1 aromatic carbocycles. The van der Waals surface area contributed by atoms with Crippen molar-refractivity contribution >= 4 is 33.5 Å². The Labute approximate surface area is 103 Å². The first kappa shape index (κ1) is 12.5. The van der Waals surface area contributed by atoms with Gasteiger partial charge in [0.2, 0.25) is 0 Å². The zero-order chi connectivity index (χ0) is 11.4. The molecule has 0 saturated carbocycles. The molecule has 0 unspecified atom stereocenters. The minimum atomic E-state index is -0.249. The maximum Gasteiger partial charge on any atom is 0.310 e. The van der Waals surface area contributed by atoms with Crippen LogP contribution in [0.2, 0.25) is 5.02 Å². The van der Waals surface area contributed by atoms with Gasteiger partial charge in [-0.2, -0.15) is 0 Å². The second-order valence-electron chi connectivity index (χ2n) is 3.14. The van der Waals surface area contributed by atoms with Crippen LogP contribution in [-0.4, -0.2) is 12.6 Å². The SMILES string of the molecule is CCOC(=O)Cc1c(C)ccc(Br)c1Cl. The van der Waals surface area contributed by atoms with Crippen molar-refractivity contribution < 1.29 is 9.53 Å². The molecule has 0 aromatic heterocycles. The normalized spacial score (nSPS) is 10.1. The summed E-state index contributed by atoms with van der Waals surface area (Å²) in [5.74, 6) is -0.249. The summed E-state index contributed by atoms with van der Waals surface area (Å²) in [5.41, 5.74) is 1.82. The quantitative estimate of drug-likeness (QED) is 0.797. The highest BCUT2D eigenvalue weighted by Crippen LogP contribution is 2.29. The van der Waals surface area contributed by atoms with Gasteiger partial charge in [-0.1, -0.05) is 17.7 Å². The summed E-state index contributed by atoms with van der Waals surface area (Å²) in [4.78, 5) is 11.3. The Morgan fingerprint density at radius 3 is 2.80 bits per heavy atom. The molecule has 82 valence electrons. The molecule has 0 bridgehead atoms. The lowest BCUT2D eigenvalue weighted by Gasteiger charge is -2.09. The first-order valence-corrected chi connectivity index (χ1v) is 5.82. The van der Waals surface area contributed by atoms with Gasteiger partial charge in [-0.25, -0.2) is 0 Å². The molecule has 0 aliphatic rings. The van der Waals surface area contributed by atoms with E-state index >= 15 is 0 Å². The molecule has 2 nitrogen and oxygen atoms in total. The number of halogens is 2. The average molecular weight is 292 g/mol. The number of benzene rings is 1. The molecule has 15 heavy (non-hydrogen) atoms. The van der Waals surface area contributed by atoms with Crippen molar-refractivity contribution in [1.82, 2.24) is 0 Å². The molecule has 0 atom stereocenters. The van der Waals surface area contributed by atoms with Gasteiger partial charge in [0.1, 0.15) is 0 Å². The summed E-state index contributed by atoms with van der Waals surface area (Å²) in [6.07, 6.45) is 0.220. The monoisotopic (exact) mass is 290 g/mol. The Bertz CT molecular complexity index is 377. The minimum absolute atomic E-state index is 0.220. The maximum absolute atomic E-state index is 11.3. The predicted molar refractivity (Wildman–Crippen MR) is 64.2 cm³/mol. The molecular weight excluding hydrogens is 279 g/mol. The first-order valence-electron chi connectivity index (χ1n) is 4.65. The Morgan fingerprint density at radius 2 is 2.20 bits per heavy atom. The Balaban J connectivity index is 2.93. The zero-order valence-corrected chi connectivity index (χ0v) is 11.0. The van der Waals surface area contributed by atoms with Crippen LogP contribution in [0, 0.1) is 6.92 Å². The van der Waals surface area contributed by atoms with Gasteiger partial charge in [-0.15, -0.1) is 0 Å². The number of hydrogen-bond acceptors (Lipinski definition) is 2. The summed E-state index contributed by atoms with van der Waals surface area (Å²) in [6.45, 7) is 4.10. The van der Waals surface area contributed by atoms with E-state index in [1.54, 1.807) is 6.92 Å². The fourth-order valence-corrected chi connectivity index (χ4v) is 1.91. The molecule has 0 spiro atoms. The third-order valence-electron chi connectivity index (χ3n) is 2.06. The van der Waals surface area contributed by atoms with Crippen LogP contribution in [0.5, 0.6) is 0 Å². The average Bonchev–Trinajstić information content (AvgIpc) is 2.19. The number of ether oxygens (including phenoxy) is 1. The molecule has 0 fully saturated rings. The number of hydrogen-bond donors (Lipinski definition) is 0. The van der Waals surface area contributed by atoms with Crippen LogP contribution in [0.1, 0.15) is 18.1 Å². The van der Waals surface area contributed by atoms with Gasteiger partial charge in [0, 0.05) is 4.47 Å². The van der Waals surface area contributed by atoms with E-state index in [2.05, 4.69) is 15.9 Å². The van der Waals surface area contributed by atoms with E-state index in [0.29, 0.717) is 11.6 Å². The summed E-state index contributed by atoms with van der Waals surface area (Å²) in [6, 6.07) is 3.79. The zero-order valence-electron chi connectivity index (χ0n) is 8.64. The van der Waals surface area contributed by atoms with E-state index in [0.717, 1.165) is 15.6 Å². The van der Waals surface area contributed by atoms with Gasteiger partial charge >= 0.3 is 5.97 Å². The highest BCUT2D eigenvalue weighted by molar-refractivity contribution is 9.10. The number of aryl methyl sites for hydroxylation is 1. The summed E-state index contributed by atoms with van der Waals surface area (Å²) in [5, 5.41) is 0.586. The van der Waals surface area contributed by atoms with Crippen molar-refractivity contribution in [3.05, 3.63) is 32.8 Å². The predicted octanol–water partition coefficient (Wildman–Crippen LogP) is 3.52. The summed E-state index contributed by atoms with van der Waals surface area (Å²) < 4.78 is 5.68. The highest BCUT2D eigenvalue weighted by atomic mass is 79.9. The first-order chi connectivity index (χ1) is 7.06. The second kappa shape index (κ2) is 5.52. The molecule has 0 heterocycles. The lowest BCUT2D eigenvalue weighted by Crippen LogP contribution is -2.09. The third-order valence-corrected chi connectivity index (χ3v) is 3.38. The molecule has 0 radical (unpaired) electrons. The van der Waals surface area contributed by atoms with Crippen LogP contribution >= 0.6 is 27.5 Å². The van der Waals surface area contributed by atoms with Crippen LogP contribution < -0.4 is 0 Å². The minimum Gasteiger partial charge on any atom is -0.466 e. The molecule has 1 rings (SSSR count). The van der Waals surface area contributed by atoms with Crippen LogP contribution in [0.3, 0.4) is 0 Å². The molecular formula is C11H12BrClO2. The highest BCUT2D eigenvalue weighted by Gasteiger charge is 2.12. The smallest absolute Gasteiger partial charge is 0.310 e. The summed E-state index contributed by atoms with van der Waals surface area (Å²) in [7, 11) is 0. The van der Waals surface area contributed by atoms with Gasteiger partial charge < -0.3 is 4.74 Å². The van der Waals surface area contributed by atoms with Gasteiger partial charge in [-0.05, 0) is 47.0 Å². The number of carbonyl (C=O) groups is 1. The molecule has 0 N–H and O–H groups in total. The van der Waals surface area contributed by atoms with Crippen LogP contribution in [0.15, 0.2) is 16.6 Å². The molecule has 0 aliphatic heterocycles.